The average molecular weight is 370 g/mol. The van der Waals surface area contributed by atoms with Crippen molar-refractivity contribution >= 4 is 23.2 Å². The van der Waals surface area contributed by atoms with Crippen LogP contribution in [-0.2, 0) is 9.59 Å². The molecule has 0 spiro atoms. The van der Waals surface area contributed by atoms with E-state index in [-0.39, 0.29) is 18.4 Å². The average Bonchev–Trinajstić information content (AvgIpc) is 3.13. The molecule has 2 amide bonds. The monoisotopic (exact) mass is 370 g/mol. The van der Waals surface area contributed by atoms with Crippen molar-refractivity contribution in [1.29, 1.82) is 0 Å². The highest BCUT2D eigenvalue weighted by molar-refractivity contribution is 5.95. The lowest BCUT2D eigenvalue weighted by Gasteiger charge is -2.17. The minimum absolute atomic E-state index is 0.108. The first-order valence-electron chi connectivity index (χ1n) is 8.66. The van der Waals surface area contributed by atoms with Crippen molar-refractivity contribution in [3.63, 3.8) is 0 Å². The van der Waals surface area contributed by atoms with Gasteiger partial charge in [0.25, 0.3) is 5.91 Å². The van der Waals surface area contributed by atoms with E-state index >= 15 is 0 Å². The summed E-state index contributed by atoms with van der Waals surface area (Å²) in [5.41, 5.74) is 1.32. The molecule has 0 saturated carbocycles. The molecule has 2 aromatic rings. The van der Waals surface area contributed by atoms with Gasteiger partial charge in [-0.25, -0.2) is 0 Å². The van der Waals surface area contributed by atoms with Crippen LogP contribution in [0.15, 0.2) is 42.5 Å². The van der Waals surface area contributed by atoms with E-state index in [0.717, 1.165) is 12.1 Å². The predicted octanol–water partition coefficient (Wildman–Crippen LogP) is 2.85. The summed E-state index contributed by atoms with van der Waals surface area (Å²) in [5, 5.41) is 2.75. The summed E-state index contributed by atoms with van der Waals surface area (Å²) in [4.78, 5) is 25.8. The fourth-order valence-electron chi connectivity index (χ4n) is 2.90. The van der Waals surface area contributed by atoms with Gasteiger partial charge in [-0.1, -0.05) is 6.07 Å². The SMILES string of the molecule is COc1ccc(NC(=O)COc2cccc(N3CCCC3=O)c2)c(OC)c1. The number of carbonyl (C=O) groups excluding carboxylic acids is 2. The molecule has 7 nitrogen and oxygen atoms in total. The van der Waals surface area contributed by atoms with Gasteiger partial charge >= 0.3 is 0 Å². The van der Waals surface area contributed by atoms with Gasteiger partial charge in [0.05, 0.1) is 19.9 Å². The first-order chi connectivity index (χ1) is 13.1. The van der Waals surface area contributed by atoms with Gasteiger partial charge in [-0.2, -0.15) is 0 Å². The molecule has 1 aliphatic heterocycles. The van der Waals surface area contributed by atoms with Crippen LogP contribution in [0.1, 0.15) is 12.8 Å². The molecular weight excluding hydrogens is 348 g/mol. The third-order valence-electron chi connectivity index (χ3n) is 4.26. The fraction of sp³-hybridized carbons (Fsp3) is 0.300. The van der Waals surface area contributed by atoms with E-state index in [1.807, 2.05) is 6.07 Å². The zero-order valence-corrected chi connectivity index (χ0v) is 15.4. The predicted molar refractivity (Wildman–Crippen MR) is 102 cm³/mol. The summed E-state index contributed by atoms with van der Waals surface area (Å²) in [6, 6.07) is 12.3. The summed E-state index contributed by atoms with van der Waals surface area (Å²) in [7, 11) is 3.08. The Bertz CT molecular complexity index is 837. The molecule has 27 heavy (non-hydrogen) atoms. The molecule has 0 bridgehead atoms. The molecular formula is C20H22N2O5. The van der Waals surface area contributed by atoms with Crippen molar-refractivity contribution in [2.24, 2.45) is 0 Å². The van der Waals surface area contributed by atoms with Gasteiger partial charge < -0.3 is 24.4 Å². The minimum atomic E-state index is -0.318. The molecule has 1 saturated heterocycles. The quantitative estimate of drug-likeness (QED) is 0.811. The Kier molecular flexibility index (Phi) is 5.80. The van der Waals surface area contributed by atoms with Crippen LogP contribution in [0.4, 0.5) is 11.4 Å². The maximum absolute atomic E-state index is 12.2. The van der Waals surface area contributed by atoms with Crippen molar-refractivity contribution in [2.75, 3.05) is 37.6 Å². The largest absolute Gasteiger partial charge is 0.497 e. The maximum Gasteiger partial charge on any atom is 0.262 e. The smallest absolute Gasteiger partial charge is 0.262 e. The van der Waals surface area contributed by atoms with Gasteiger partial charge in [-0.15, -0.1) is 0 Å². The van der Waals surface area contributed by atoms with Crippen LogP contribution < -0.4 is 24.4 Å². The number of rotatable bonds is 7. The highest BCUT2D eigenvalue weighted by Crippen LogP contribution is 2.29. The second-order valence-corrected chi connectivity index (χ2v) is 6.05. The van der Waals surface area contributed by atoms with Crippen LogP contribution in [0.2, 0.25) is 0 Å². The van der Waals surface area contributed by atoms with Crippen molar-refractivity contribution in [2.45, 2.75) is 12.8 Å². The number of ether oxygens (including phenoxy) is 3. The molecule has 1 fully saturated rings. The van der Waals surface area contributed by atoms with Crippen LogP contribution in [0, 0.1) is 0 Å². The number of nitrogens with one attached hydrogen (secondary N) is 1. The second-order valence-electron chi connectivity index (χ2n) is 6.05. The van der Waals surface area contributed by atoms with E-state index in [1.54, 1.807) is 48.4 Å². The van der Waals surface area contributed by atoms with Crippen LogP contribution in [0.3, 0.4) is 0 Å². The number of benzene rings is 2. The Labute approximate surface area is 157 Å². The lowest BCUT2D eigenvalue weighted by molar-refractivity contribution is -0.118. The zero-order valence-electron chi connectivity index (χ0n) is 15.4. The number of nitrogens with zero attached hydrogens (tertiary/aromatic N) is 1. The van der Waals surface area contributed by atoms with Crippen LogP contribution in [0.5, 0.6) is 17.2 Å². The van der Waals surface area contributed by atoms with Crippen molar-refractivity contribution in [1.82, 2.24) is 0 Å². The van der Waals surface area contributed by atoms with Crippen LogP contribution >= 0.6 is 0 Å². The lowest BCUT2D eigenvalue weighted by Crippen LogP contribution is -2.24. The van der Waals surface area contributed by atoms with Gasteiger partial charge in [0.1, 0.15) is 17.2 Å². The van der Waals surface area contributed by atoms with Gasteiger partial charge in [0.2, 0.25) is 5.91 Å². The summed E-state index contributed by atoms with van der Waals surface area (Å²) in [6.07, 6.45) is 1.42. The fourth-order valence-corrected chi connectivity index (χ4v) is 2.90. The van der Waals surface area contributed by atoms with E-state index in [2.05, 4.69) is 5.32 Å². The minimum Gasteiger partial charge on any atom is -0.497 e. The normalized spacial score (nSPS) is 13.4. The molecule has 0 unspecified atom stereocenters. The molecule has 7 heteroatoms. The molecule has 0 aromatic heterocycles. The van der Waals surface area contributed by atoms with Crippen molar-refractivity contribution in [3.05, 3.63) is 42.5 Å². The van der Waals surface area contributed by atoms with E-state index < -0.39 is 0 Å². The highest BCUT2D eigenvalue weighted by atomic mass is 16.5. The summed E-state index contributed by atoms with van der Waals surface area (Å²) >= 11 is 0. The number of amides is 2. The van der Waals surface area contributed by atoms with Gasteiger partial charge in [-0.3, -0.25) is 9.59 Å². The van der Waals surface area contributed by atoms with Crippen molar-refractivity contribution < 1.29 is 23.8 Å². The molecule has 1 N–H and O–H groups in total. The number of hydrogen-bond acceptors (Lipinski definition) is 5. The molecule has 0 aliphatic carbocycles. The molecule has 3 rings (SSSR count). The molecule has 1 aliphatic rings. The third kappa shape index (κ3) is 4.49. The second kappa shape index (κ2) is 8.44. The lowest BCUT2D eigenvalue weighted by atomic mass is 10.2. The highest BCUT2D eigenvalue weighted by Gasteiger charge is 2.21. The Morgan fingerprint density at radius 1 is 1.11 bits per heavy atom. The molecule has 142 valence electrons. The van der Waals surface area contributed by atoms with Crippen LogP contribution in [0.25, 0.3) is 0 Å². The van der Waals surface area contributed by atoms with Crippen LogP contribution in [-0.4, -0.2) is 39.2 Å². The molecule has 1 heterocycles. The topological polar surface area (TPSA) is 77.1 Å². The van der Waals surface area contributed by atoms with Gasteiger partial charge in [0, 0.05) is 30.8 Å². The number of anilines is 2. The first-order valence-corrected chi connectivity index (χ1v) is 8.66. The van der Waals surface area contributed by atoms with Gasteiger partial charge in [0.15, 0.2) is 6.61 Å². The summed E-state index contributed by atoms with van der Waals surface area (Å²) < 4.78 is 16.0. The zero-order chi connectivity index (χ0) is 19.2. The number of carbonyl (C=O) groups is 2. The van der Waals surface area contributed by atoms with Crippen molar-refractivity contribution in [3.8, 4) is 17.2 Å². The standard InChI is InChI=1S/C20H22N2O5/c1-25-15-8-9-17(18(12-15)26-2)21-19(23)13-27-16-6-3-5-14(11-16)22-10-4-7-20(22)24/h3,5-6,8-9,11-12H,4,7,10,13H2,1-2H3,(H,21,23). The van der Waals surface area contributed by atoms with Gasteiger partial charge in [-0.05, 0) is 30.7 Å². The molecule has 0 radical (unpaired) electrons. The molecule has 2 aromatic carbocycles. The van der Waals surface area contributed by atoms with E-state index in [1.165, 1.54) is 7.11 Å². The number of methoxy groups -OCH3 is 2. The Hall–Kier alpha value is -3.22. The Balaban J connectivity index is 1.60. The van der Waals surface area contributed by atoms with E-state index in [9.17, 15) is 9.59 Å². The number of hydrogen-bond donors (Lipinski definition) is 1. The maximum atomic E-state index is 12.2. The van der Waals surface area contributed by atoms with E-state index in [4.69, 9.17) is 14.2 Å². The first kappa shape index (κ1) is 18.6. The molecule has 0 atom stereocenters. The Morgan fingerprint density at radius 2 is 1.96 bits per heavy atom. The Morgan fingerprint density at radius 3 is 2.67 bits per heavy atom. The summed E-state index contributed by atoms with van der Waals surface area (Å²) in [5.74, 6) is 1.45. The summed E-state index contributed by atoms with van der Waals surface area (Å²) in [6.45, 7) is 0.548. The third-order valence-corrected chi connectivity index (χ3v) is 4.26. The van der Waals surface area contributed by atoms with E-state index in [0.29, 0.717) is 35.9 Å².